The summed E-state index contributed by atoms with van der Waals surface area (Å²) < 4.78 is 11.4. The van der Waals surface area contributed by atoms with Gasteiger partial charge in [-0.2, -0.15) is 0 Å². The number of hydrogen-bond donors (Lipinski definition) is 1. The first kappa shape index (κ1) is 15.8. The summed E-state index contributed by atoms with van der Waals surface area (Å²) in [5.74, 6) is 1.16. The van der Waals surface area contributed by atoms with E-state index < -0.39 is 0 Å². The molecule has 0 bridgehead atoms. The zero-order chi connectivity index (χ0) is 17.4. The van der Waals surface area contributed by atoms with Crippen molar-refractivity contribution in [1.82, 2.24) is 20.1 Å². The van der Waals surface area contributed by atoms with Crippen LogP contribution in [0.2, 0.25) is 0 Å². The fraction of sp³-hybridized carbons (Fsp3) is 0.389. The van der Waals surface area contributed by atoms with Gasteiger partial charge in [0.1, 0.15) is 0 Å². The van der Waals surface area contributed by atoms with E-state index in [0.717, 1.165) is 10.9 Å². The normalized spacial score (nSPS) is 18.2. The molecule has 25 heavy (non-hydrogen) atoms. The Bertz CT molecular complexity index is 899. The molecule has 0 saturated carbocycles. The summed E-state index contributed by atoms with van der Waals surface area (Å²) >= 11 is 0. The molecule has 7 heteroatoms. The SMILES string of the molecule is CC(C)c1nnc([C@H]2CN(C(=O)c3cccc4[nH]ccc34)CCO2)o1. The van der Waals surface area contributed by atoms with Gasteiger partial charge in [0.2, 0.25) is 11.8 Å². The number of aromatic amines is 1. The topological polar surface area (TPSA) is 84.2 Å². The number of nitrogens with one attached hydrogen (secondary N) is 1. The number of aromatic nitrogens is 3. The number of carbonyl (C=O) groups is 1. The zero-order valence-corrected chi connectivity index (χ0v) is 14.2. The highest BCUT2D eigenvalue weighted by Crippen LogP contribution is 2.26. The number of nitrogens with zero attached hydrogens (tertiary/aromatic N) is 3. The molecular formula is C18H20N4O3. The van der Waals surface area contributed by atoms with Crippen molar-refractivity contribution in [1.29, 1.82) is 0 Å². The maximum absolute atomic E-state index is 13.0. The number of morpholine rings is 1. The minimum Gasteiger partial charge on any atom is -0.422 e. The van der Waals surface area contributed by atoms with Gasteiger partial charge in [-0.1, -0.05) is 19.9 Å². The van der Waals surface area contributed by atoms with E-state index in [9.17, 15) is 4.79 Å². The van der Waals surface area contributed by atoms with E-state index in [2.05, 4.69) is 15.2 Å². The first-order chi connectivity index (χ1) is 12.1. The molecule has 0 aliphatic carbocycles. The minimum atomic E-state index is -0.386. The van der Waals surface area contributed by atoms with Crippen molar-refractivity contribution in [2.45, 2.75) is 25.9 Å². The van der Waals surface area contributed by atoms with Crippen LogP contribution in [-0.2, 0) is 4.74 Å². The summed E-state index contributed by atoms with van der Waals surface area (Å²) in [6.07, 6.45) is 1.46. The molecule has 2 aromatic heterocycles. The third-order valence-corrected chi connectivity index (χ3v) is 4.40. The van der Waals surface area contributed by atoms with Crippen LogP contribution in [-0.4, -0.2) is 45.7 Å². The average Bonchev–Trinajstić information content (AvgIpc) is 3.30. The zero-order valence-electron chi connectivity index (χ0n) is 14.2. The molecule has 4 rings (SSSR count). The van der Waals surface area contributed by atoms with Crippen molar-refractivity contribution in [3.8, 4) is 0 Å². The van der Waals surface area contributed by atoms with Crippen LogP contribution in [0.4, 0.5) is 0 Å². The van der Waals surface area contributed by atoms with Gasteiger partial charge in [0.25, 0.3) is 5.91 Å². The molecule has 1 N–H and O–H groups in total. The number of H-pyrrole nitrogens is 1. The van der Waals surface area contributed by atoms with Crippen LogP contribution in [0.3, 0.4) is 0 Å². The van der Waals surface area contributed by atoms with Gasteiger partial charge in [0.05, 0.1) is 13.2 Å². The summed E-state index contributed by atoms with van der Waals surface area (Å²) in [7, 11) is 0. The fourth-order valence-electron chi connectivity index (χ4n) is 3.04. The molecule has 7 nitrogen and oxygen atoms in total. The summed E-state index contributed by atoms with van der Waals surface area (Å²) in [5.41, 5.74) is 1.64. The second kappa shape index (κ2) is 6.33. The van der Waals surface area contributed by atoms with Crippen molar-refractivity contribution >= 4 is 16.8 Å². The number of hydrogen-bond acceptors (Lipinski definition) is 5. The number of ether oxygens (including phenoxy) is 1. The highest BCUT2D eigenvalue weighted by atomic mass is 16.5. The van der Waals surface area contributed by atoms with Crippen molar-refractivity contribution in [2.75, 3.05) is 19.7 Å². The molecule has 1 aromatic carbocycles. The number of amides is 1. The standard InChI is InChI=1S/C18H20N4O3/c1-11(2)16-20-21-17(25-16)15-10-22(8-9-24-15)18(23)13-4-3-5-14-12(13)6-7-19-14/h3-7,11,15,19H,8-10H2,1-2H3/t15-/m1/s1. The molecular weight excluding hydrogens is 320 g/mol. The minimum absolute atomic E-state index is 0.0119. The van der Waals surface area contributed by atoms with Crippen LogP contribution in [0.1, 0.15) is 48.0 Å². The van der Waals surface area contributed by atoms with Crippen LogP contribution in [0.5, 0.6) is 0 Å². The van der Waals surface area contributed by atoms with E-state index in [4.69, 9.17) is 9.15 Å². The molecule has 1 saturated heterocycles. The van der Waals surface area contributed by atoms with Gasteiger partial charge in [-0.25, -0.2) is 0 Å². The maximum atomic E-state index is 13.0. The fourth-order valence-corrected chi connectivity index (χ4v) is 3.04. The monoisotopic (exact) mass is 340 g/mol. The first-order valence-electron chi connectivity index (χ1n) is 8.44. The Morgan fingerprint density at radius 3 is 3.00 bits per heavy atom. The number of fused-ring (bicyclic) bond motifs is 1. The molecule has 3 aromatic rings. The average molecular weight is 340 g/mol. The molecule has 130 valence electrons. The van der Waals surface area contributed by atoms with E-state index >= 15 is 0 Å². The van der Waals surface area contributed by atoms with E-state index in [1.54, 1.807) is 4.90 Å². The summed E-state index contributed by atoms with van der Waals surface area (Å²) in [6, 6.07) is 7.62. The molecule has 0 unspecified atom stereocenters. The first-order valence-corrected chi connectivity index (χ1v) is 8.44. The van der Waals surface area contributed by atoms with Crippen LogP contribution in [0.15, 0.2) is 34.9 Å². The molecule has 3 heterocycles. The van der Waals surface area contributed by atoms with Gasteiger partial charge < -0.3 is 19.0 Å². The second-order valence-electron chi connectivity index (χ2n) is 6.49. The van der Waals surface area contributed by atoms with Gasteiger partial charge in [-0.15, -0.1) is 10.2 Å². The van der Waals surface area contributed by atoms with Gasteiger partial charge >= 0.3 is 0 Å². The molecule has 1 aliphatic heterocycles. The number of carbonyl (C=O) groups excluding carboxylic acids is 1. The lowest BCUT2D eigenvalue weighted by Gasteiger charge is -2.31. The summed E-state index contributed by atoms with van der Waals surface area (Å²) in [6.45, 7) is 5.37. The predicted molar refractivity (Wildman–Crippen MR) is 91.3 cm³/mol. The van der Waals surface area contributed by atoms with Crippen LogP contribution < -0.4 is 0 Å². The number of benzene rings is 1. The van der Waals surface area contributed by atoms with E-state index in [1.165, 1.54) is 0 Å². The van der Waals surface area contributed by atoms with Crippen LogP contribution in [0, 0.1) is 0 Å². The molecule has 0 radical (unpaired) electrons. The third kappa shape index (κ3) is 2.91. The molecule has 1 amide bonds. The van der Waals surface area contributed by atoms with Gasteiger partial charge in [0, 0.05) is 35.1 Å². The lowest BCUT2D eigenvalue weighted by atomic mass is 10.1. The Morgan fingerprint density at radius 1 is 1.32 bits per heavy atom. The highest BCUT2D eigenvalue weighted by Gasteiger charge is 2.30. The third-order valence-electron chi connectivity index (χ3n) is 4.40. The Balaban J connectivity index is 1.56. The lowest BCUT2D eigenvalue weighted by molar-refractivity contribution is -0.0350. The van der Waals surface area contributed by atoms with Crippen LogP contribution >= 0.6 is 0 Å². The molecule has 1 atom stereocenters. The maximum Gasteiger partial charge on any atom is 0.254 e. The van der Waals surface area contributed by atoms with Crippen molar-refractivity contribution < 1.29 is 13.9 Å². The largest absolute Gasteiger partial charge is 0.422 e. The van der Waals surface area contributed by atoms with Gasteiger partial charge in [-0.3, -0.25) is 4.79 Å². The van der Waals surface area contributed by atoms with Gasteiger partial charge in [-0.05, 0) is 18.2 Å². The quantitative estimate of drug-likeness (QED) is 0.792. The summed E-state index contributed by atoms with van der Waals surface area (Å²) in [4.78, 5) is 17.9. The lowest BCUT2D eigenvalue weighted by Crippen LogP contribution is -2.42. The molecule has 0 spiro atoms. The number of rotatable bonds is 3. The van der Waals surface area contributed by atoms with E-state index in [1.807, 2.05) is 44.3 Å². The van der Waals surface area contributed by atoms with Crippen LogP contribution in [0.25, 0.3) is 10.9 Å². The van der Waals surface area contributed by atoms with Crippen molar-refractivity contribution in [3.05, 3.63) is 47.8 Å². The Hall–Kier alpha value is -2.67. The smallest absolute Gasteiger partial charge is 0.254 e. The van der Waals surface area contributed by atoms with Crippen molar-refractivity contribution in [2.24, 2.45) is 0 Å². The Kier molecular flexibility index (Phi) is 4.01. The second-order valence-corrected chi connectivity index (χ2v) is 6.49. The Morgan fingerprint density at radius 2 is 2.20 bits per heavy atom. The molecule has 1 fully saturated rings. The van der Waals surface area contributed by atoms with E-state index in [-0.39, 0.29) is 17.9 Å². The highest BCUT2D eigenvalue weighted by molar-refractivity contribution is 6.06. The predicted octanol–water partition coefficient (Wildman–Crippen LogP) is 2.89. The van der Waals surface area contributed by atoms with E-state index in [0.29, 0.717) is 37.0 Å². The Labute approximate surface area is 145 Å². The summed E-state index contributed by atoms with van der Waals surface area (Å²) in [5, 5.41) is 9.06. The van der Waals surface area contributed by atoms with Crippen molar-refractivity contribution in [3.63, 3.8) is 0 Å². The van der Waals surface area contributed by atoms with Gasteiger partial charge in [0.15, 0.2) is 6.10 Å². The molecule has 1 aliphatic rings.